The van der Waals surface area contributed by atoms with Gasteiger partial charge in [-0.2, -0.15) is 0 Å². The summed E-state index contributed by atoms with van der Waals surface area (Å²) in [6, 6.07) is 4.69. The molecule has 1 heterocycles. The molecule has 3 atom stereocenters. The molecule has 1 amide bonds. The molecule has 6 heteroatoms. The van der Waals surface area contributed by atoms with Crippen LogP contribution in [0.5, 0.6) is 0 Å². The first kappa shape index (κ1) is 18.9. The van der Waals surface area contributed by atoms with Crippen LogP contribution in [-0.2, 0) is 11.3 Å². The van der Waals surface area contributed by atoms with Gasteiger partial charge in [0.15, 0.2) is 0 Å². The van der Waals surface area contributed by atoms with Gasteiger partial charge in [-0.25, -0.2) is 4.39 Å². The Morgan fingerprint density at radius 1 is 1.27 bits per heavy atom. The zero-order chi connectivity index (χ0) is 18.3. The monoisotopic (exact) mass is 413 g/mol. The van der Waals surface area contributed by atoms with Crippen molar-refractivity contribution in [1.82, 2.24) is 4.90 Å². The van der Waals surface area contributed by atoms with Crippen LogP contribution in [0.3, 0.4) is 0 Å². The minimum Gasteiger partial charge on any atom is -0.341 e. The summed E-state index contributed by atoms with van der Waals surface area (Å²) in [5, 5.41) is 0.392. The summed E-state index contributed by atoms with van der Waals surface area (Å²) in [7, 11) is 1.78. The van der Waals surface area contributed by atoms with Crippen molar-refractivity contribution in [3.05, 3.63) is 34.6 Å². The summed E-state index contributed by atoms with van der Waals surface area (Å²) in [5.41, 5.74) is 0.416. The Balaban J connectivity index is 1.47. The molecule has 3 fully saturated rings. The first-order valence-electron chi connectivity index (χ1n) is 9.47. The van der Waals surface area contributed by atoms with Crippen molar-refractivity contribution in [2.24, 2.45) is 17.8 Å². The van der Waals surface area contributed by atoms with E-state index in [1.54, 1.807) is 24.1 Å². The van der Waals surface area contributed by atoms with Gasteiger partial charge in [-0.15, -0.1) is 23.5 Å². The highest BCUT2D eigenvalue weighted by Gasteiger charge is 2.55. The smallest absolute Gasteiger partial charge is 0.225 e. The molecule has 2 nitrogen and oxygen atoms in total. The first-order chi connectivity index (χ1) is 12.5. The van der Waals surface area contributed by atoms with Gasteiger partial charge in [-0.05, 0) is 49.7 Å². The molecule has 142 valence electrons. The minimum atomic E-state index is -0.338. The highest BCUT2D eigenvalue weighted by atomic mass is 35.5. The van der Waals surface area contributed by atoms with Crippen LogP contribution in [0.1, 0.15) is 37.7 Å². The number of carbonyl (C=O) groups is 1. The second-order valence-corrected chi connectivity index (χ2v) is 11.2. The Morgan fingerprint density at radius 3 is 2.54 bits per heavy atom. The molecule has 2 bridgehead atoms. The molecule has 0 N–H and O–H groups in total. The van der Waals surface area contributed by atoms with Crippen LogP contribution in [0.25, 0.3) is 0 Å². The van der Waals surface area contributed by atoms with Gasteiger partial charge < -0.3 is 4.90 Å². The quantitative estimate of drug-likeness (QED) is 0.658. The van der Waals surface area contributed by atoms with Gasteiger partial charge in [0, 0.05) is 41.6 Å². The molecule has 3 aliphatic rings. The number of hydrogen-bond acceptors (Lipinski definition) is 3. The van der Waals surface area contributed by atoms with Crippen LogP contribution in [0, 0.1) is 23.6 Å². The lowest BCUT2D eigenvalue weighted by Gasteiger charge is -2.52. The SMILES string of the molecule is CN(Cc1c(F)cccc1Cl)C(=O)C1C[C@H]2CCC[C@@H](C1)C21SCCS1. The van der Waals surface area contributed by atoms with E-state index in [2.05, 4.69) is 23.5 Å². The fraction of sp³-hybridized carbons (Fsp3) is 0.650. The third-order valence-corrected chi connectivity index (χ3v) is 10.7. The summed E-state index contributed by atoms with van der Waals surface area (Å²) in [6.07, 6.45) is 5.79. The largest absolute Gasteiger partial charge is 0.341 e. The van der Waals surface area contributed by atoms with Crippen LogP contribution in [0.4, 0.5) is 4.39 Å². The minimum absolute atomic E-state index is 0.0771. The molecular weight excluding hydrogens is 389 g/mol. The maximum Gasteiger partial charge on any atom is 0.225 e. The van der Waals surface area contributed by atoms with E-state index in [-0.39, 0.29) is 24.2 Å². The molecule has 1 aromatic rings. The molecule has 0 radical (unpaired) electrons. The Labute approximate surface area is 168 Å². The van der Waals surface area contributed by atoms with Gasteiger partial charge in [0.2, 0.25) is 5.91 Å². The predicted octanol–water partition coefficient (Wildman–Crippen LogP) is 5.44. The van der Waals surface area contributed by atoms with E-state index in [0.717, 1.165) is 12.8 Å². The normalized spacial score (nSPS) is 29.7. The third-order valence-electron chi connectivity index (χ3n) is 6.30. The van der Waals surface area contributed by atoms with Gasteiger partial charge in [-0.3, -0.25) is 4.79 Å². The van der Waals surface area contributed by atoms with Gasteiger partial charge in [0.1, 0.15) is 5.82 Å². The Bertz CT molecular complexity index is 658. The van der Waals surface area contributed by atoms with E-state index < -0.39 is 0 Å². The summed E-state index contributed by atoms with van der Waals surface area (Å²) < 4.78 is 14.5. The summed E-state index contributed by atoms with van der Waals surface area (Å²) in [4.78, 5) is 14.8. The highest BCUT2D eigenvalue weighted by molar-refractivity contribution is 8.21. The molecule has 1 unspecified atom stereocenters. The number of rotatable bonds is 3. The summed E-state index contributed by atoms with van der Waals surface area (Å²) >= 11 is 10.5. The Morgan fingerprint density at radius 2 is 1.92 bits per heavy atom. The number of hydrogen-bond donors (Lipinski definition) is 0. The van der Waals surface area contributed by atoms with Crippen LogP contribution in [0.15, 0.2) is 18.2 Å². The molecule has 1 saturated heterocycles. The molecule has 2 saturated carbocycles. The zero-order valence-electron chi connectivity index (χ0n) is 15.0. The number of thioether (sulfide) groups is 2. The molecule has 2 aliphatic carbocycles. The van der Waals surface area contributed by atoms with Crippen molar-refractivity contribution >= 4 is 41.0 Å². The lowest BCUT2D eigenvalue weighted by molar-refractivity contribution is -0.137. The predicted molar refractivity (Wildman–Crippen MR) is 109 cm³/mol. The second kappa shape index (κ2) is 7.56. The van der Waals surface area contributed by atoms with Gasteiger partial charge in [-0.1, -0.05) is 24.1 Å². The number of benzene rings is 1. The van der Waals surface area contributed by atoms with Crippen molar-refractivity contribution in [2.45, 2.75) is 42.7 Å². The highest BCUT2D eigenvalue weighted by Crippen LogP contribution is 2.64. The molecule has 26 heavy (non-hydrogen) atoms. The number of nitrogens with zero attached hydrogens (tertiary/aromatic N) is 1. The second-order valence-electron chi connectivity index (χ2n) is 7.81. The van der Waals surface area contributed by atoms with Crippen molar-refractivity contribution < 1.29 is 9.18 Å². The topological polar surface area (TPSA) is 20.3 Å². The average molecular weight is 414 g/mol. The molecule has 0 aromatic heterocycles. The fourth-order valence-corrected chi connectivity index (χ4v) is 9.28. The third kappa shape index (κ3) is 3.29. The maximum atomic E-state index is 14.1. The fourth-order valence-electron chi connectivity index (χ4n) is 5.12. The van der Waals surface area contributed by atoms with Gasteiger partial charge in [0.05, 0.1) is 4.08 Å². The molecule has 1 aromatic carbocycles. The number of amides is 1. The van der Waals surface area contributed by atoms with Gasteiger partial charge in [0.25, 0.3) is 0 Å². The van der Waals surface area contributed by atoms with E-state index in [9.17, 15) is 9.18 Å². The van der Waals surface area contributed by atoms with E-state index in [1.807, 2.05) is 0 Å². The average Bonchev–Trinajstić information content (AvgIpc) is 3.07. The lowest BCUT2D eigenvalue weighted by atomic mass is 9.66. The molecule has 4 rings (SSSR count). The van der Waals surface area contributed by atoms with E-state index in [0.29, 0.717) is 26.5 Å². The van der Waals surface area contributed by atoms with E-state index in [4.69, 9.17) is 11.6 Å². The Kier molecular flexibility index (Phi) is 5.51. The van der Waals surface area contributed by atoms with Gasteiger partial charge >= 0.3 is 0 Å². The summed E-state index contributed by atoms with van der Waals surface area (Å²) in [6.45, 7) is 0.241. The van der Waals surface area contributed by atoms with Crippen molar-refractivity contribution in [1.29, 1.82) is 0 Å². The standard InChI is InChI=1S/C20H25ClFNOS2/c1-23(12-16-17(21)6-3-7-18(16)22)19(24)13-10-14-4-2-5-15(11-13)20(14)25-8-9-26-20/h3,6-7,13-15H,2,4-5,8-12H2,1H3/t13?,14-,15+. The lowest BCUT2D eigenvalue weighted by Crippen LogP contribution is -2.49. The Hall–Kier alpha value is -0.390. The summed E-state index contributed by atoms with van der Waals surface area (Å²) in [5.74, 6) is 3.69. The van der Waals surface area contributed by atoms with Crippen molar-refractivity contribution in [3.63, 3.8) is 0 Å². The number of carbonyl (C=O) groups excluding carboxylic acids is 1. The molecule has 1 aliphatic heterocycles. The molecular formula is C20H25ClFNOS2. The van der Waals surface area contributed by atoms with Crippen LogP contribution in [-0.4, -0.2) is 33.4 Å². The van der Waals surface area contributed by atoms with Crippen molar-refractivity contribution in [2.75, 3.05) is 18.6 Å². The maximum absolute atomic E-state index is 14.1. The van der Waals surface area contributed by atoms with Crippen LogP contribution < -0.4 is 0 Å². The number of halogens is 2. The van der Waals surface area contributed by atoms with E-state index in [1.165, 1.54) is 36.8 Å². The first-order valence-corrected chi connectivity index (χ1v) is 11.8. The van der Waals surface area contributed by atoms with Crippen LogP contribution in [0.2, 0.25) is 5.02 Å². The van der Waals surface area contributed by atoms with E-state index >= 15 is 0 Å². The zero-order valence-corrected chi connectivity index (χ0v) is 17.4. The van der Waals surface area contributed by atoms with Crippen molar-refractivity contribution in [3.8, 4) is 0 Å². The van der Waals surface area contributed by atoms with Crippen LogP contribution >= 0.6 is 35.1 Å². The molecule has 1 spiro atoms.